The number of nitrogens with zero attached hydrogens (tertiary/aromatic N) is 2. The second-order valence-electron chi connectivity index (χ2n) is 7.07. The predicted octanol–water partition coefficient (Wildman–Crippen LogP) is 3.74. The number of rotatable bonds is 7. The summed E-state index contributed by atoms with van der Waals surface area (Å²) in [6.45, 7) is 1.83. The van der Waals surface area contributed by atoms with Gasteiger partial charge in [0.2, 0.25) is 0 Å². The lowest BCUT2D eigenvalue weighted by atomic mass is 10.3. The second kappa shape index (κ2) is 9.30. The topological polar surface area (TPSA) is 81.9 Å². The number of benzene rings is 2. The standard InChI is InChI=1S/C24H20FN3O4/c1-16-3-2-12-28-23(30)13-19(27-24(16)28)14-31-21-10-6-18(7-11-21)26-22(29)15-32-20-8-4-17(25)5-9-20/h2-13H,14-15H2,1H3,(H,26,29). The van der Waals surface area contributed by atoms with Crippen LogP contribution in [-0.4, -0.2) is 21.9 Å². The van der Waals surface area contributed by atoms with Crippen LogP contribution < -0.4 is 20.3 Å². The van der Waals surface area contributed by atoms with Crippen molar-refractivity contribution < 1.29 is 18.7 Å². The minimum atomic E-state index is -0.372. The summed E-state index contributed by atoms with van der Waals surface area (Å²) in [7, 11) is 0. The Hall–Kier alpha value is -4.20. The highest BCUT2D eigenvalue weighted by Gasteiger charge is 2.07. The first-order chi connectivity index (χ1) is 15.5. The molecule has 2 aromatic heterocycles. The van der Waals surface area contributed by atoms with Crippen LogP contribution in [0.3, 0.4) is 0 Å². The maximum absolute atomic E-state index is 12.9. The third kappa shape index (κ3) is 5.10. The fourth-order valence-electron chi connectivity index (χ4n) is 3.05. The Kier molecular flexibility index (Phi) is 6.12. The second-order valence-corrected chi connectivity index (χ2v) is 7.07. The van der Waals surface area contributed by atoms with E-state index in [9.17, 15) is 14.0 Å². The number of hydrogen-bond acceptors (Lipinski definition) is 5. The van der Waals surface area contributed by atoms with Gasteiger partial charge < -0.3 is 14.8 Å². The zero-order chi connectivity index (χ0) is 22.5. The molecule has 0 saturated carbocycles. The first-order valence-corrected chi connectivity index (χ1v) is 9.87. The molecule has 4 rings (SSSR count). The van der Waals surface area contributed by atoms with Crippen molar-refractivity contribution in [3.63, 3.8) is 0 Å². The van der Waals surface area contributed by atoms with Gasteiger partial charge in [0.15, 0.2) is 6.61 Å². The van der Waals surface area contributed by atoms with Crippen LogP contribution in [0.5, 0.6) is 11.5 Å². The summed E-state index contributed by atoms with van der Waals surface area (Å²) >= 11 is 0. The van der Waals surface area contributed by atoms with Crippen molar-refractivity contribution in [3.8, 4) is 11.5 Å². The first-order valence-electron chi connectivity index (χ1n) is 9.87. The molecule has 0 unspecified atom stereocenters. The molecule has 4 aromatic rings. The third-order valence-electron chi connectivity index (χ3n) is 4.65. The Labute approximate surface area is 183 Å². The summed E-state index contributed by atoms with van der Waals surface area (Å²) in [5, 5.41) is 2.71. The Bertz CT molecular complexity index is 1300. The molecule has 8 heteroatoms. The fourth-order valence-corrected chi connectivity index (χ4v) is 3.05. The zero-order valence-electron chi connectivity index (χ0n) is 17.2. The number of amides is 1. The number of hydrogen-bond donors (Lipinski definition) is 1. The number of fused-ring (bicyclic) bond motifs is 1. The summed E-state index contributed by atoms with van der Waals surface area (Å²) in [6.07, 6.45) is 1.68. The van der Waals surface area contributed by atoms with E-state index in [-0.39, 0.29) is 30.5 Å². The van der Waals surface area contributed by atoms with Crippen LogP contribution >= 0.6 is 0 Å². The van der Waals surface area contributed by atoms with Crippen LogP contribution in [0.1, 0.15) is 11.3 Å². The van der Waals surface area contributed by atoms with E-state index >= 15 is 0 Å². The van der Waals surface area contributed by atoms with Gasteiger partial charge in [-0.2, -0.15) is 0 Å². The Balaban J connectivity index is 1.32. The van der Waals surface area contributed by atoms with Gasteiger partial charge in [-0.15, -0.1) is 0 Å². The molecule has 1 amide bonds. The summed E-state index contributed by atoms with van der Waals surface area (Å²) in [4.78, 5) is 28.8. The highest BCUT2D eigenvalue weighted by atomic mass is 19.1. The van der Waals surface area contributed by atoms with Gasteiger partial charge in [-0.1, -0.05) is 6.07 Å². The quantitative estimate of drug-likeness (QED) is 0.480. The number of carbonyl (C=O) groups excluding carboxylic acids is 1. The molecule has 32 heavy (non-hydrogen) atoms. The van der Waals surface area contributed by atoms with Gasteiger partial charge in [0.05, 0.1) is 5.69 Å². The number of aryl methyl sites for hydroxylation is 1. The van der Waals surface area contributed by atoms with Crippen LogP contribution in [0.2, 0.25) is 0 Å². The van der Waals surface area contributed by atoms with Crippen LogP contribution in [0.4, 0.5) is 10.1 Å². The van der Waals surface area contributed by atoms with Crippen molar-refractivity contribution >= 4 is 17.2 Å². The molecule has 0 spiro atoms. The van der Waals surface area contributed by atoms with E-state index in [4.69, 9.17) is 9.47 Å². The molecule has 7 nitrogen and oxygen atoms in total. The fraction of sp³-hybridized carbons (Fsp3) is 0.125. The van der Waals surface area contributed by atoms with Gasteiger partial charge in [0.25, 0.3) is 11.5 Å². The summed E-state index contributed by atoms with van der Waals surface area (Å²) in [6, 6.07) is 17.4. The number of ether oxygens (including phenoxy) is 2. The lowest BCUT2D eigenvalue weighted by Crippen LogP contribution is -2.20. The monoisotopic (exact) mass is 433 g/mol. The van der Waals surface area contributed by atoms with Gasteiger partial charge in [0, 0.05) is 18.0 Å². The normalized spacial score (nSPS) is 10.7. The summed E-state index contributed by atoms with van der Waals surface area (Å²) < 4.78 is 25.4. The molecule has 1 N–H and O–H groups in total. The Morgan fingerprint density at radius 3 is 2.47 bits per heavy atom. The number of nitrogens with one attached hydrogen (secondary N) is 1. The minimum absolute atomic E-state index is 0.136. The lowest BCUT2D eigenvalue weighted by molar-refractivity contribution is -0.118. The maximum Gasteiger partial charge on any atom is 0.262 e. The SMILES string of the molecule is Cc1cccn2c(=O)cc(COc3ccc(NC(=O)COc4ccc(F)cc4)cc3)nc12. The van der Waals surface area contributed by atoms with E-state index in [0.29, 0.717) is 28.5 Å². The highest BCUT2D eigenvalue weighted by molar-refractivity contribution is 5.91. The summed E-state index contributed by atoms with van der Waals surface area (Å²) in [5.74, 6) is 0.252. The summed E-state index contributed by atoms with van der Waals surface area (Å²) in [5.41, 5.74) is 2.43. The van der Waals surface area contributed by atoms with Gasteiger partial charge >= 0.3 is 0 Å². The van der Waals surface area contributed by atoms with Crippen LogP contribution in [-0.2, 0) is 11.4 Å². The van der Waals surface area contributed by atoms with E-state index in [1.807, 2.05) is 13.0 Å². The molecule has 0 aliphatic heterocycles. The van der Waals surface area contributed by atoms with Gasteiger partial charge in [-0.3, -0.25) is 14.0 Å². The Morgan fingerprint density at radius 2 is 1.72 bits per heavy atom. The molecule has 0 aliphatic rings. The molecule has 162 valence electrons. The first kappa shape index (κ1) is 21.0. The average molecular weight is 433 g/mol. The van der Waals surface area contributed by atoms with E-state index < -0.39 is 0 Å². The molecule has 0 fully saturated rings. The number of anilines is 1. The van der Waals surface area contributed by atoms with E-state index in [0.717, 1.165) is 5.56 Å². The van der Waals surface area contributed by atoms with Crippen LogP contribution in [0.15, 0.2) is 77.7 Å². The Morgan fingerprint density at radius 1 is 1.03 bits per heavy atom. The predicted molar refractivity (Wildman–Crippen MR) is 117 cm³/mol. The smallest absolute Gasteiger partial charge is 0.262 e. The molecular weight excluding hydrogens is 413 g/mol. The number of carbonyl (C=O) groups is 1. The van der Waals surface area contributed by atoms with Gasteiger partial charge in [-0.25, -0.2) is 9.37 Å². The lowest BCUT2D eigenvalue weighted by Gasteiger charge is -2.10. The molecule has 0 radical (unpaired) electrons. The van der Waals surface area contributed by atoms with E-state index in [1.54, 1.807) is 36.5 Å². The molecule has 0 bridgehead atoms. The van der Waals surface area contributed by atoms with Crippen molar-refractivity contribution in [1.82, 2.24) is 9.38 Å². The van der Waals surface area contributed by atoms with Crippen molar-refractivity contribution in [3.05, 3.63) is 100 Å². The van der Waals surface area contributed by atoms with Crippen LogP contribution in [0, 0.1) is 12.7 Å². The van der Waals surface area contributed by atoms with E-state index in [1.165, 1.54) is 34.7 Å². The molecular formula is C24H20FN3O4. The number of halogens is 1. The van der Waals surface area contributed by atoms with E-state index in [2.05, 4.69) is 10.3 Å². The van der Waals surface area contributed by atoms with Crippen molar-refractivity contribution in [2.45, 2.75) is 13.5 Å². The third-order valence-corrected chi connectivity index (χ3v) is 4.65. The zero-order valence-corrected chi connectivity index (χ0v) is 17.2. The highest BCUT2D eigenvalue weighted by Crippen LogP contribution is 2.17. The molecule has 2 heterocycles. The van der Waals surface area contributed by atoms with Crippen molar-refractivity contribution in [2.24, 2.45) is 0 Å². The largest absolute Gasteiger partial charge is 0.487 e. The molecule has 0 aliphatic carbocycles. The van der Waals surface area contributed by atoms with Crippen molar-refractivity contribution in [1.29, 1.82) is 0 Å². The van der Waals surface area contributed by atoms with Crippen molar-refractivity contribution in [2.75, 3.05) is 11.9 Å². The maximum atomic E-state index is 12.9. The van der Waals surface area contributed by atoms with Gasteiger partial charge in [0.1, 0.15) is 29.6 Å². The molecule has 2 aromatic carbocycles. The average Bonchev–Trinajstić information content (AvgIpc) is 2.79. The number of aromatic nitrogens is 2. The molecule has 0 atom stereocenters. The molecule has 0 saturated heterocycles. The van der Waals surface area contributed by atoms with Gasteiger partial charge in [-0.05, 0) is 67.1 Å². The number of pyridine rings is 1. The minimum Gasteiger partial charge on any atom is -0.487 e. The van der Waals surface area contributed by atoms with Crippen LogP contribution in [0.25, 0.3) is 5.65 Å².